The van der Waals surface area contributed by atoms with Gasteiger partial charge in [-0.3, -0.25) is 0 Å². The molecule has 2 atom stereocenters. The van der Waals surface area contributed by atoms with Crippen molar-refractivity contribution in [3.63, 3.8) is 0 Å². The summed E-state index contributed by atoms with van der Waals surface area (Å²) in [5, 5.41) is 0. The van der Waals surface area contributed by atoms with Gasteiger partial charge in [0, 0.05) is 16.6 Å². The standard InChI is InChI=1S/C16H22ClN3S/c1-3-11(18)16(14-8-9-15(17)21-14)20-10(2)19-12-6-4-5-7-13(12)20/h8-9,11,16H,3-7,18H2,1-2H3. The van der Waals surface area contributed by atoms with Crippen molar-refractivity contribution >= 4 is 22.9 Å². The molecule has 21 heavy (non-hydrogen) atoms. The molecule has 2 N–H and O–H groups in total. The second kappa shape index (κ2) is 6.11. The smallest absolute Gasteiger partial charge is 0.106 e. The van der Waals surface area contributed by atoms with Gasteiger partial charge in [-0.1, -0.05) is 18.5 Å². The van der Waals surface area contributed by atoms with Crippen molar-refractivity contribution in [1.29, 1.82) is 0 Å². The van der Waals surface area contributed by atoms with Crippen LogP contribution in [0.5, 0.6) is 0 Å². The van der Waals surface area contributed by atoms with Crippen molar-refractivity contribution in [3.8, 4) is 0 Å². The van der Waals surface area contributed by atoms with E-state index in [4.69, 9.17) is 22.3 Å². The van der Waals surface area contributed by atoms with E-state index in [9.17, 15) is 0 Å². The Hall–Kier alpha value is -0.840. The Labute approximate surface area is 135 Å². The fourth-order valence-corrected chi connectivity index (χ4v) is 4.54. The monoisotopic (exact) mass is 323 g/mol. The summed E-state index contributed by atoms with van der Waals surface area (Å²) in [5.74, 6) is 1.08. The number of imidazole rings is 1. The van der Waals surface area contributed by atoms with Gasteiger partial charge in [0.1, 0.15) is 5.82 Å². The minimum absolute atomic E-state index is 0.0821. The first kappa shape index (κ1) is 15.1. The highest BCUT2D eigenvalue weighted by Crippen LogP contribution is 2.35. The highest BCUT2D eigenvalue weighted by molar-refractivity contribution is 7.16. The molecule has 0 amide bonds. The number of rotatable bonds is 4. The largest absolute Gasteiger partial charge is 0.326 e. The van der Waals surface area contributed by atoms with E-state index in [0.717, 1.165) is 29.4 Å². The number of aromatic nitrogens is 2. The van der Waals surface area contributed by atoms with Crippen molar-refractivity contribution in [1.82, 2.24) is 9.55 Å². The number of aryl methyl sites for hydroxylation is 2. The Kier molecular flexibility index (Phi) is 4.38. The topological polar surface area (TPSA) is 43.8 Å². The zero-order chi connectivity index (χ0) is 15.0. The molecule has 1 aliphatic carbocycles. The van der Waals surface area contributed by atoms with Crippen LogP contribution < -0.4 is 5.73 Å². The number of nitrogens with two attached hydrogens (primary N) is 1. The van der Waals surface area contributed by atoms with Crippen molar-refractivity contribution in [3.05, 3.63) is 38.6 Å². The van der Waals surface area contributed by atoms with Crippen LogP contribution in [-0.4, -0.2) is 15.6 Å². The van der Waals surface area contributed by atoms with Crippen LogP contribution in [0.25, 0.3) is 0 Å². The maximum absolute atomic E-state index is 6.47. The summed E-state index contributed by atoms with van der Waals surface area (Å²) in [4.78, 5) is 6.04. The van der Waals surface area contributed by atoms with Gasteiger partial charge in [-0.15, -0.1) is 11.3 Å². The van der Waals surface area contributed by atoms with Crippen molar-refractivity contribution in [2.24, 2.45) is 5.73 Å². The first-order valence-electron chi connectivity index (χ1n) is 7.69. The molecule has 0 radical (unpaired) electrons. The van der Waals surface area contributed by atoms with E-state index < -0.39 is 0 Å². The average molecular weight is 324 g/mol. The molecule has 0 saturated carbocycles. The predicted octanol–water partition coefficient (Wildman–Crippen LogP) is 4.11. The Balaban J connectivity index is 2.10. The minimum Gasteiger partial charge on any atom is -0.326 e. The van der Waals surface area contributed by atoms with Crippen molar-refractivity contribution < 1.29 is 0 Å². The summed E-state index contributed by atoms with van der Waals surface area (Å²) in [6.07, 6.45) is 5.65. The van der Waals surface area contributed by atoms with Crippen LogP contribution in [0, 0.1) is 6.92 Å². The van der Waals surface area contributed by atoms with Gasteiger partial charge in [0.15, 0.2) is 0 Å². The fraction of sp³-hybridized carbons (Fsp3) is 0.562. The third-order valence-corrected chi connectivity index (χ3v) is 5.69. The molecule has 5 heteroatoms. The lowest BCUT2D eigenvalue weighted by Gasteiger charge is -2.27. The Bertz CT molecular complexity index is 632. The fourth-order valence-electron chi connectivity index (χ4n) is 3.31. The normalized spacial score (nSPS) is 17.5. The lowest BCUT2D eigenvalue weighted by atomic mass is 9.98. The molecule has 3 rings (SSSR count). The molecule has 0 aromatic carbocycles. The van der Waals surface area contributed by atoms with Crippen LogP contribution in [0.2, 0.25) is 4.34 Å². The number of hydrogen-bond donors (Lipinski definition) is 1. The van der Waals surface area contributed by atoms with Crippen LogP contribution in [0.15, 0.2) is 12.1 Å². The molecule has 0 saturated heterocycles. The molecule has 1 aliphatic rings. The SMILES string of the molecule is CCC(N)C(c1ccc(Cl)s1)n1c(C)nc2c1CCCC2. The van der Waals surface area contributed by atoms with Gasteiger partial charge >= 0.3 is 0 Å². The van der Waals surface area contributed by atoms with E-state index in [0.29, 0.717) is 0 Å². The first-order valence-corrected chi connectivity index (χ1v) is 8.88. The molecule has 2 aromatic heterocycles. The summed E-state index contributed by atoms with van der Waals surface area (Å²) < 4.78 is 3.20. The van der Waals surface area contributed by atoms with Gasteiger partial charge in [0.05, 0.1) is 16.1 Å². The quantitative estimate of drug-likeness (QED) is 0.920. The molecule has 0 fully saturated rings. The van der Waals surface area contributed by atoms with E-state index in [1.54, 1.807) is 11.3 Å². The number of halogens is 1. The third-order valence-electron chi connectivity index (χ3n) is 4.39. The van der Waals surface area contributed by atoms with Gasteiger partial charge < -0.3 is 10.3 Å². The highest BCUT2D eigenvalue weighted by atomic mass is 35.5. The summed E-state index contributed by atoms with van der Waals surface area (Å²) in [6, 6.07) is 4.32. The van der Waals surface area contributed by atoms with Gasteiger partial charge in [-0.05, 0) is 51.2 Å². The molecule has 2 aromatic rings. The van der Waals surface area contributed by atoms with E-state index in [-0.39, 0.29) is 12.1 Å². The number of hydrogen-bond acceptors (Lipinski definition) is 3. The molecule has 3 nitrogen and oxygen atoms in total. The molecule has 0 aliphatic heterocycles. The number of nitrogens with zero attached hydrogens (tertiary/aromatic N) is 2. The molecule has 114 valence electrons. The summed E-state index contributed by atoms with van der Waals surface area (Å²) >= 11 is 7.78. The van der Waals surface area contributed by atoms with E-state index in [1.807, 2.05) is 6.07 Å². The Morgan fingerprint density at radius 2 is 2.14 bits per heavy atom. The van der Waals surface area contributed by atoms with E-state index in [2.05, 4.69) is 24.5 Å². The van der Waals surface area contributed by atoms with Crippen LogP contribution in [0.4, 0.5) is 0 Å². The van der Waals surface area contributed by atoms with E-state index in [1.165, 1.54) is 29.1 Å². The molecule has 2 heterocycles. The van der Waals surface area contributed by atoms with Crippen LogP contribution >= 0.6 is 22.9 Å². The van der Waals surface area contributed by atoms with Gasteiger partial charge in [0.2, 0.25) is 0 Å². The predicted molar refractivity (Wildman–Crippen MR) is 89.3 cm³/mol. The second-order valence-corrected chi connectivity index (χ2v) is 7.53. The molecular formula is C16H22ClN3S. The van der Waals surface area contributed by atoms with Gasteiger partial charge in [0.25, 0.3) is 0 Å². The second-order valence-electron chi connectivity index (χ2n) is 5.79. The van der Waals surface area contributed by atoms with Gasteiger partial charge in [-0.2, -0.15) is 0 Å². The molecule has 0 spiro atoms. The number of fused-ring (bicyclic) bond motifs is 1. The maximum atomic E-state index is 6.47. The Morgan fingerprint density at radius 3 is 2.81 bits per heavy atom. The molecule has 0 bridgehead atoms. The molecule has 2 unspecified atom stereocenters. The van der Waals surface area contributed by atoms with Crippen LogP contribution in [0.3, 0.4) is 0 Å². The van der Waals surface area contributed by atoms with Crippen molar-refractivity contribution in [2.45, 2.75) is 58.0 Å². The lowest BCUT2D eigenvalue weighted by molar-refractivity contribution is 0.441. The zero-order valence-electron chi connectivity index (χ0n) is 12.6. The summed E-state index contributed by atoms with van der Waals surface area (Å²) in [6.45, 7) is 4.24. The lowest BCUT2D eigenvalue weighted by Crippen LogP contribution is -2.33. The maximum Gasteiger partial charge on any atom is 0.106 e. The van der Waals surface area contributed by atoms with Crippen LogP contribution in [-0.2, 0) is 12.8 Å². The minimum atomic E-state index is 0.0821. The highest BCUT2D eigenvalue weighted by Gasteiger charge is 2.28. The van der Waals surface area contributed by atoms with Gasteiger partial charge in [-0.25, -0.2) is 4.98 Å². The van der Waals surface area contributed by atoms with Crippen molar-refractivity contribution in [2.75, 3.05) is 0 Å². The molecular weight excluding hydrogens is 302 g/mol. The third kappa shape index (κ3) is 2.77. The summed E-state index contributed by atoms with van der Waals surface area (Å²) in [5.41, 5.74) is 9.13. The first-order chi connectivity index (χ1) is 10.1. The van der Waals surface area contributed by atoms with Crippen LogP contribution in [0.1, 0.15) is 54.3 Å². The number of thiophene rings is 1. The average Bonchev–Trinajstić information content (AvgIpc) is 3.04. The Morgan fingerprint density at radius 1 is 1.38 bits per heavy atom. The van der Waals surface area contributed by atoms with E-state index >= 15 is 0 Å². The summed E-state index contributed by atoms with van der Waals surface area (Å²) in [7, 11) is 0. The zero-order valence-corrected chi connectivity index (χ0v) is 14.2.